The molecule has 5 rings (SSSR count). The normalized spacial score (nSPS) is 21.8. The van der Waals surface area contributed by atoms with E-state index >= 15 is 0 Å². The van der Waals surface area contributed by atoms with Gasteiger partial charge in [-0.05, 0) is 67.6 Å². The van der Waals surface area contributed by atoms with Crippen molar-refractivity contribution in [2.75, 3.05) is 29.9 Å². The first-order chi connectivity index (χ1) is 18.0. The van der Waals surface area contributed by atoms with Gasteiger partial charge in [0.1, 0.15) is 0 Å². The number of ketones is 1. The molecule has 1 fully saturated rings. The molecule has 1 atom stereocenters. The second kappa shape index (κ2) is 10.4. The number of Topliss-reactive ketones (excluding diaryl/α,β-unsaturated/α-hetero) is 1. The number of halogens is 2. The minimum atomic E-state index is -0.671. The highest BCUT2D eigenvalue weighted by molar-refractivity contribution is 6.42. The number of hydrogen-bond acceptors (Lipinski definition) is 5. The predicted molar refractivity (Wildman–Crippen MR) is 150 cm³/mol. The SMILES string of the molecule is CC1(C)CC(=O)C2=C(C1)Nc1ccccc1N(C(=O)CN1CCC(C(N)=O)CC1)[C@H]2c1ccc(Cl)c(Cl)c1. The zero-order valence-electron chi connectivity index (χ0n) is 21.6. The first-order valence-corrected chi connectivity index (χ1v) is 13.7. The van der Waals surface area contributed by atoms with Crippen molar-refractivity contribution in [3.63, 3.8) is 0 Å². The van der Waals surface area contributed by atoms with Crippen LogP contribution in [0, 0.1) is 11.3 Å². The van der Waals surface area contributed by atoms with Gasteiger partial charge in [-0.25, -0.2) is 0 Å². The summed E-state index contributed by atoms with van der Waals surface area (Å²) in [6.07, 6.45) is 2.30. The Labute approximate surface area is 232 Å². The lowest BCUT2D eigenvalue weighted by Crippen LogP contribution is -2.47. The summed E-state index contributed by atoms with van der Waals surface area (Å²) in [4.78, 5) is 43.4. The van der Waals surface area contributed by atoms with Crippen molar-refractivity contribution in [1.82, 2.24) is 4.90 Å². The van der Waals surface area contributed by atoms with Gasteiger partial charge in [-0.15, -0.1) is 0 Å². The van der Waals surface area contributed by atoms with Gasteiger partial charge in [-0.3, -0.25) is 24.2 Å². The number of nitrogens with zero attached hydrogens (tertiary/aromatic N) is 2. The van der Waals surface area contributed by atoms with Gasteiger partial charge >= 0.3 is 0 Å². The third kappa shape index (κ3) is 5.20. The maximum Gasteiger partial charge on any atom is 0.242 e. The second-order valence-corrected chi connectivity index (χ2v) is 12.1. The van der Waals surface area contributed by atoms with Crippen LogP contribution in [0.25, 0.3) is 0 Å². The summed E-state index contributed by atoms with van der Waals surface area (Å²) in [5, 5.41) is 4.29. The number of para-hydroxylation sites is 2. The van der Waals surface area contributed by atoms with E-state index in [9.17, 15) is 14.4 Å². The molecule has 7 nitrogen and oxygen atoms in total. The van der Waals surface area contributed by atoms with Crippen LogP contribution < -0.4 is 16.0 Å². The molecule has 0 aromatic heterocycles. The van der Waals surface area contributed by atoms with Crippen molar-refractivity contribution in [3.8, 4) is 0 Å². The van der Waals surface area contributed by atoms with Crippen LogP contribution in [0.2, 0.25) is 10.0 Å². The van der Waals surface area contributed by atoms with E-state index in [4.69, 9.17) is 28.9 Å². The minimum absolute atomic E-state index is 0.00713. The summed E-state index contributed by atoms with van der Waals surface area (Å²) >= 11 is 12.7. The van der Waals surface area contributed by atoms with E-state index in [1.165, 1.54) is 0 Å². The van der Waals surface area contributed by atoms with Gasteiger partial charge in [0.15, 0.2) is 5.78 Å². The van der Waals surface area contributed by atoms with E-state index in [1.54, 1.807) is 17.0 Å². The van der Waals surface area contributed by atoms with E-state index < -0.39 is 6.04 Å². The summed E-state index contributed by atoms with van der Waals surface area (Å²) in [7, 11) is 0. The highest BCUT2D eigenvalue weighted by atomic mass is 35.5. The van der Waals surface area contributed by atoms with Crippen LogP contribution in [0.15, 0.2) is 53.7 Å². The number of nitrogens with one attached hydrogen (secondary N) is 1. The molecule has 1 saturated heterocycles. The van der Waals surface area contributed by atoms with Crippen molar-refractivity contribution >= 4 is 52.2 Å². The number of primary amides is 1. The summed E-state index contributed by atoms with van der Waals surface area (Å²) in [5.41, 5.74) is 8.88. The molecule has 2 aromatic carbocycles. The van der Waals surface area contributed by atoms with Gasteiger partial charge < -0.3 is 11.1 Å². The van der Waals surface area contributed by atoms with Crippen molar-refractivity contribution in [2.24, 2.45) is 17.1 Å². The lowest BCUT2D eigenvalue weighted by atomic mass is 9.73. The number of amides is 2. The Hall–Kier alpha value is -2.87. The predicted octanol–water partition coefficient (Wildman–Crippen LogP) is 5.33. The fourth-order valence-electron chi connectivity index (χ4n) is 5.90. The van der Waals surface area contributed by atoms with Crippen LogP contribution in [0.4, 0.5) is 11.4 Å². The molecule has 3 aliphatic rings. The van der Waals surface area contributed by atoms with Crippen LogP contribution in [-0.2, 0) is 14.4 Å². The third-order valence-corrected chi connectivity index (χ3v) is 8.52. The Bertz CT molecular complexity index is 1330. The molecule has 2 heterocycles. The van der Waals surface area contributed by atoms with Gasteiger partial charge in [-0.2, -0.15) is 0 Å². The molecule has 0 spiro atoms. The Morgan fingerprint density at radius 1 is 1.05 bits per heavy atom. The van der Waals surface area contributed by atoms with E-state index in [2.05, 4.69) is 24.1 Å². The molecule has 3 N–H and O–H groups in total. The molecule has 2 aromatic rings. The van der Waals surface area contributed by atoms with Crippen LogP contribution >= 0.6 is 23.2 Å². The maximum atomic E-state index is 14.2. The molecular weight excluding hydrogens is 523 g/mol. The highest BCUT2D eigenvalue weighted by Crippen LogP contribution is 2.48. The van der Waals surface area contributed by atoms with Crippen molar-refractivity contribution in [3.05, 3.63) is 69.3 Å². The second-order valence-electron chi connectivity index (χ2n) is 11.3. The third-order valence-electron chi connectivity index (χ3n) is 7.78. The van der Waals surface area contributed by atoms with Crippen molar-refractivity contribution in [2.45, 2.75) is 45.6 Å². The van der Waals surface area contributed by atoms with E-state index in [1.807, 2.05) is 30.3 Å². The molecule has 0 saturated carbocycles. The zero-order valence-corrected chi connectivity index (χ0v) is 23.1. The Kier molecular flexibility index (Phi) is 7.29. The number of hydrogen-bond donors (Lipinski definition) is 2. The molecule has 0 unspecified atom stereocenters. The van der Waals surface area contributed by atoms with Gasteiger partial charge in [0.25, 0.3) is 0 Å². The number of anilines is 2. The molecule has 0 bridgehead atoms. The zero-order chi connectivity index (χ0) is 27.2. The fraction of sp³-hybridized carbons (Fsp3) is 0.414. The van der Waals surface area contributed by atoms with Crippen LogP contribution in [0.3, 0.4) is 0 Å². The van der Waals surface area contributed by atoms with Gasteiger partial charge in [0, 0.05) is 23.6 Å². The molecule has 1 aliphatic carbocycles. The quantitative estimate of drug-likeness (QED) is 0.532. The van der Waals surface area contributed by atoms with Crippen LogP contribution in [-0.4, -0.2) is 42.1 Å². The summed E-state index contributed by atoms with van der Waals surface area (Å²) in [6, 6.07) is 12.3. The van der Waals surface area contributed by atoms with Gasteiger partial charge in [0.2, 0.25) is 11.8 Å². The minimum Gasteiger partial charge on any atom is -0.369 e. The summed E-state index contributed by atoms with van der Waals surface area (Å²) < 4.78 is 0. The average Bonchev–Trinajstić information content (AvgIpc) is 2.99. The monoisotopic (exact) mass is 554 g/mol. The first-order valence-electron chi connectivity index (χ1n) is 12.9. The number of allylic oxidation sites excluding steroid dienone is 1. The Morgan fingerprint density at radius 2 is 1.76 bits per heavy atom. The van der Waals surface area contributed by atoms with E-state index in [0.717, 1.165) is 16.9 Å². The summed E-state index contributed by atoms with van der Waals surface area (Å²) in [5.74, 6) is -0.585. The number of likely N-dealkylation sites (tertiary alicyclic amines) is 1. The Morgan fingerprint density at radius 3 is 2.45 bits per heavy atom. The van der Waals surface area contributed by atoms with Crippen molar-refractivity contribution in [1.29, 1.82) is 0 Å². The average molecular weight is 556 g/mol. The number of rotatable bonds is 4. The maximum absolute atomic E-state index is 14.2. The van der Waals surface area contributed by atoms with Crippen molar-refractivity contribution < 1.29 is 14.4 Å². The Balaban J connectivity index is 1.61. The van der Waals surface area contributed by atoms with Crippen LogP contribution in [0.5, 0.6) is 0 Å². The number of carbonyl (C=O) groups is 3. The number of benzene rings is 2. The van der Waals surface area contributed by atoms with Gasteiger partial charge in [-0.1, -0.05) is 55.2 Å². The van der Waals surface area contributed by atoms with Gasteiger partial charge in [0.05, 0.1) is 34.0 Å². The molecule has 2 amide bonds. The smallest absolute Gasteiger partial charge is 0.242 e. The largest absolute Gasteiger partial charge is 0.369 e. The highest BCUT2D eigenvalue weighted by Gasteiger charge is 2.43. The number of fused-ring (bicyclic) bond motifs is 1. The fourth-order valence-corrected chi connectivity index (χ4v) is 6.21. The molecular formula is C29H32Cl2N4O3. The number of piperidine rings is 1. The standard InChI is InChI=1S/C29H32Cl2N4O3/c1-29(2)14-22-26(24(36)15-29)27(18-7-8-19(30)20(31)13-18)35(23-6-4-3-5-21(23)33-22)25(37)16-34-11-9-17(10-12-34)28(32)38/h3-8,13,17,27,33H,9-12,14-16H2,1-2H3,(H2,32,38)/t27-/m0/s1. The lowest BCUT2D eigenvalue weighted by Gasteiger charge is -2.38. The molecule has 38 heavy (non-hydrogen) atoms. The van der Waals surface area contributed by atoms with E-state index in [0.29, 0.717) is 60.1 Å². The molecule has 9 heteroatoms. The molecule has 200 valence electrons. The van der Waals surface area contributed by atoms with Crippen LogP contribution in [0.1, 0.15) is 51.1 Å². The molecule has 2 aliphatic heterocycles. The molecule has 0 radical (unpaired) electrons. The topological polar surface area (TPSA) is 95.7 Å². The first kappa shape index (κ1) is 26.7. The van der Waals surface area contributed by atoms with E-state index in [-0.39, 0.29) is 35.5 Å². The number of carbonyl (C=O) groups excluding carboxylic acids is 3. The lowest BCUT2D eigenvalue weighted by molar-refractivity contribution is -0.123. The summed E-state index contributed by atoms with van der Waals surface area (Å²) in [6.45, 7) is 5.52. The number of nitrogens with two attached hydrogens (primary N) is 1.